The molecule has 0 bridgehead atoms. The van der Waals surface area contributed by atoms with Gasteiger partial charge in [-0.1, -0.05) is 24.6 Å². The van der Waals surface area contributed by atoms with E-state index in [-0.39, 0.29) is 11.5 Å². The fourth-order valence-electron chi connectivity index (χ4n) is 3.22. The lowest BCUT2D eigenvalue weighted by Gasteiger charge is -2.26. The average molecular weight is 369 g/mol. The summed E-state index contributed by atoms with van der Waals surface area (Å²) < 4.78 is 11.2. The van der Waals surface area contributed by atoms with Gasteiger partial charge in [-0.05, 0) is 63.0 Å². The van der Waals surface area contributed by atoms with Gasteiger partial charge in [0.1, 0.15) is 17.3 Å². The minimum Gasteiger partial charge on any atom is -0.502 e. The topological polar surface area (TPSA) is 62.9 Å². The Bertz CT molecular complexity index is 817. The molecule has 1 aromatic carbocycles. The van der Waals surface area contributed by atoms with Gasteiger partial charge in [-0.25, -0.2) is 0 Å². The molecule has 144 valence electrons. The summed E-state index contributed by atoms with van der Waals surface area (Å²) in [6.07, 6.45) is 8.62. The maximum absolute atomic E-state index is 11.6. The zero-order chi connectivity index (χ0) is 19.1. The van der Waals surface area contributed by atoms with Crippen LogP contribution in [0.3, 0.4) is 0 Å². The van der Waals surface area contributed by atoms with E-state index in [1.165, 1.54) is 38.4 Å². The van der Waals surface area contributed by atoms with Gasteiger partial charge in [0, 0.05) is 12.6 Å². The molecule has 27 heavy (non-hydrogen) atoms. The fraction of sp³-hybridized carbons (Fsp3) is 0.409. The third kappa shape index (κ3) is 5.73. The van der Waals surface area contributed by atoms with Crippen molar-refractivity contribution in [2.45, 2.75) is 32.6 Å². The number of hydrogen-bond acceptors (Lipinski definition) is 5. The van der Waals surface area contributed by atoms with Gasteiger partial charge >= 0.3 is 0 Å². The molecular weight excluding hydrogens is 342 g/mol. The van der Waals surface area contributed by atoms with Gasteiger partial charge in [0.2, 0.25) is 11.2 Å². The number of likely N-dealkylation sites (tertiary alicyclic amines) is 1. The highest BCUT2D eigenvalue weighted by atomic mass is 16.5. The lowest BCUT2D eigenvalue weighted by Crippen LogP contribution is -2.31. The molecule has 1 aromatic heterocycles. The Kier molecular flexibility index (Phi) is 6.71. The Hall–Kier alpha value is -2.53. The summed E-state index contributed by atoms with van der Waals surface area (Å²) in [5.74, 6) is 1.15. The maximum atomic E-state index is 11.6. The minimum absolute atomic E-state index is 0.218. The van der Waals surface area contributed by atoms with Crippen molar-refractivity contribution in [3.05, 3.63) is 57.6 Å². The highest BCUT2D eigenvalue weighted by Crippen LogP contribution is 2.17. The lowest BCUT2D eigenvalue weighted by atomic mass is 10.1. The summed E-state index contributed by atoms with van der Waals surface area (Å²) in [4.78, 5) is 14.1. The normalized spacial score (nSPS) is 15.3. The van der Waals surface area contributed by atoms with E-state index in [4.69, 9.17) is 9.15 Å². The third-order valence-corrected chi connectivity index (χ3v) is 4.77. The van der Waals surface area contributed by atoms with Crippen LogP contribution in [0.4, 0.5) is 0 Å². The van der Waals surface area contributed by atoms with E-state index in [9.17, 15) is 9.90 Å². The zero-order valence-electron chi connectivity index (χ0n) is 15.8. The second-order valence-corrected chi connectivity index (χ2v) is 6.92. The SMILES string of the molecule is Cc1oc(/C=C/c2ccc(OCCCN3CCCCC3)cc2)cc(=O)c1O. The van der Waals surface area contributed by atoms with Gasteiger partial charge in [0.05, 0.1) is 6.61 Å². The highest BCUT2D eigenvalue weighted by molar-refractivity contribution is 5.67. The molecule has 5 nitrogen and oxygen atoms in total. The molecule has 1 aliphatic rings. The van der Waals surface area contributed by atoms with Crippen molar-refractivity contribution in [3.63, 3.8) is 0 Å². The van der Waals surface area contributed by atoms with Crippen LogP contribution in [-0.2, 0) is 0 Å². The summed E-state index contributed by atoms with van der Waals surface area (Å²) in [7, 11) is 0. The van der Waals surface area contributed by atoms with Crippen LogP contribution >= 0.6 is 0 Å². The molecular formula is C22H27NO4. The summed E-state index contributed by atoms with van der Waals surface area (Å²) in [6, 6.07) is 9.08. The van der Waals surface area contributed by atoms with Crippen molar-refractivity contribution in [2.24, 2.45) is 0 Å². The van der Waals surface area contributed by atoms with Crippen molar-refractivity contribution in [1.29, 1.82) is 0 Å². The molecule has 5 heteroatoms. The zero-order valence-corrected chi connectivity index (χ0v) is 15.8. The van der Waals surface area contributed by atoms with Crippen LogP contribution in [0.25, 0.3) is 12.2 Å². The van der Waals surface area contributed by atoms with Crippen LogP contribution in [0, 0.1) is 6.92 Å². The Morgan fingerprint density at radius 3 is 2.59 bits per heavy atom. The number of benzene rings is 1. The van der Waals surface area contributed by atoms with E-state index in [2.05, 4.69) is 4.90 Å². The summed E-state index contributed by atoms with van der Waals surface area (Å²) in [5.41, 5.74) is 0.538. The first-order chi connectivity index (χ1) is 13.1. The van der Waals surface area contributed by atoms with Crippen LogP contribution in [0.2, 0.25) is 0 Å². The first-order valence-electron chi connectivity index (χ1n) is 9.59. The number of aryl methyl sites for hydroxylation is 1. The van der Waals surface area contributed by atoms with Crippen LogP contribution in [0.15, 0.2) is 39.5 Å². The first-order valence-corrected chi connectivity index (χ1v) is 9.59. The third-order valence-electron chi connectivity index (χ3n) is 4.77. The fourth-order valence-corrected chi connectivity index (χ4v) is 3.22. The molecule has 0 atom stereocenters. The Morgan fingerprint density at radius 1 is 1.15 bits per heavy atom. The predicted molar refractivity (Wildman–Crippen MR) is 107 cm³/mol. The standard InChI is InChI=1S/C22H27NO4/c1-17-22(25)21(24)16-20(27-17)11-8-18-6-9-19(10-7-18)26-15-5-14-23-12-3-2-4-13-23/h6-11,16,25H,2-5,12-15H2,1H3/b11-8+. The molecule has 1 N–H and O–H groups in total. The molecule has 2 heterocycles. The molecule has 0 radical (unpaired) electrons. The summed E-state index contributed by atoms with van der Waals surface area (Å²) >= 11 is 0. The van der Waals surface area contributed by atoms with E-state index in [0.717, 1.165) is 30.9 Å². The van der Waals surface area contributed by atoms with Crippen molar-refractivity contribution in [1.82, 2.24) is 4.90 Å². The van der Waals surface area contributed by atoms with Gasteiger partial charge < -0.3 is 19.2 Å². The monoisotopic (exact) mass is 369 g/mol. The number of nitrogens with zero attached hydrogens (tertiary/aromatic N) is 1. The largest absolute Gasteiger partial charge is 0.502 e. The minimum atomic E-state index is -0.438. The Labute approximate surface area is 159 Å². The molecule has 1 fully saturated rings. The van der Waals surface area contributed by atoms with Crippen molar-refractivity contribution >= 4 is 12.2 Å². The van der Waals surface area contributed by atoms with Gasteiger partial charge in [0.25, 0.3) is 0 Å². The molecule has 0 amide bonds. The second kappa shape index (κ2) is 9.42. The van der Waals surface area contributed by atoms with E-state index in [0.29, 0.717) is 5.76 Å². The van der Waals surface area contributed by atoms with E-state index < -0.39 is 5.43 Å². The molecule has 1 aliphatic heterocycles. The van der Waals surface area contributed by atoms with Crippen LogP contribution in [0.1, 0.15) is 42.8 Å². The second-order valence-electron chi connectivity index (χ2n) is 6.92. The number of rotatable bonds is 7. The molecule has 0 aliphatic carbocycles. The van der Waals surface area contributed by atoms with Crippen molar-refractivity contribution in [2.75, 3.05) is 26.2 Å². The molecule has 0 spiro atoms. The molecule has 2 aromatic rings. The molecule has 0 unspecified atom stereocenters. The first kappa shape index (κ1) is 19.2. The van der Waals surface area contributed by atoms with E-state index in [1.807, 2.05) is 30.3 Å². The van der Waals surface area contributed by atoms with Crippen molar-refractivity contribution in [3.8, 4) is 11.5 Å². The quantitative estimate of drug-likeness (QED) is 0.745. The maximum Gasteiger partial charge on any atom is 0.227 e. The summed E-state index contributed by atoms with van der Waals surface area (Å²) in [6.45, 7) is 5.84. The molecule has 3 rings (SSSR count). The van der Waals surface area contributed by atoms with Gasteiger partial charge in [-0.15, -0.1) is 0 Å². The number of piperidine rings is 1. The number of ether oxygens (including phenoxy) is 1. The van der Waals surface area contributed by atoms with Crippen LogP contribution in [-0.4, -0.2) is 36.2 Å². The van der Waals surface area contributed by atoms with Crippen LogP contribution in [0.5, 0.6) is 11.5 Å². The summed E-state index contributed by atoms with van der Waals surface area (Å²) in [5, 5.41) is 9.46. The lowest BCUT2D eigenvalue weighted by molar-refractivity contribution is 0.205. The van der Waals surface area contributed by atoms with Gasteiger partial charge in [0.15, 0.2) is 0 Å². The smallest absolute Gasteiger partial charge is 0.227 e. The van der Waals surface area contributed by atoms with E-state index >= 15 is 0 Å². The Morgan fingerprint density at radius 2 is 1.89 bits per heavy atom. The number of aromatic hydroxyl groups is 1. The van der Waals surface area contributed by atoms with Gasteiger partial charge in [-0.2, -0.15) is 0 Å². The molecule has 0 saturated carbocycles. The molecule has 1 saturated heterocycles. The van der Waals surface area contributed by atoms with Crippen LogP contribution < -0.4 is 10.2 Å². The van der Waals surface area contributed by atoms with E-state index in [1.54, 1.807) is 13.0 Å². The van der Waals surface area contributed by atoms with Gasteiger partial charge in [-0.3, -0.25) is 4.79 Å². The Balaban J connectivity index is 1.47. The highest BCUT2D eigenvalue weighted by Gasteiger charge is 2.09. The average Bonchev–Trinajstić information content (AvgIpc) is 2.69. The predicted octanol–water partition coefficient (Wildman–Crippen LogP) is 4.08. The van der Waals surface area contributed by atoms with Crippen molar-refractivity contribution < 1.29 is 14.3 Å². The number of hydrogen-bond donors (Lipinski definition) is 1.